The van der Waals surface area contributed by atoms with Gasteiger partial charge in [0.05, 0.1) is 0 Å². The summed E-state index contributed by atoms with van der Waals surface area (Å²) < 4.78 is 0. The average Bonchev–Trinajstić information content (AvgIpc) is 2.18. The van der Waals surface area contributed by atoms with Crippen molar-refractivity contribution in [2.45, 2.75) is 26.3 Å². The van der Waals surface area contributed by atoms with E-state index in [2.05, 4.69) is 51.0 Å². The second-order valence-electron chi connectivity index (χ2n) is 4.30. The summed E-state index contributed by atoms with van der Waals surface area (Å²) in [6, 6.07) is 7.10. The zero-order chi connectivity index (χ0) is 11.4. The molecule has 0 fully saturated rings. The molecule has 0 spiro atoms. The lowest BCUT2D eigenvalue weighted by molar-refractivity contribution is 0.293. The van der Waals surface area contributed by atoms with Crippen LogP contribution in [-0.2, 0) is 0 Å². The summed E-state index contributed by atoms with van der Waals surface area (Å²) in [5.74, 6) is 0.704. The molecule has 2 heteroatoms. The van der Waals surface area contributed by atoms with E-state index >= 15 is 0 Å². The highest BCUT2D eigenvalue weighted by molar-refractivity contribution is 6.17. The van der Waals surface area contributed by atoms with E-state index in [0.29, 0.717) is 11.9 Å². The van der Waals surface area contributed by atoms with Crippen LogP contribution in [0.15, 0.2) is 18.2 Å². The van der Waals surface area contributed by atoms with Crippen molar-refractivity contribution < 1.29 is 0 Å². The van der Waals surface area contributed by atoms with Gasteiger partial charge in [-0.3, -0.25) is 0 Å². The minimum absolute atomic E-state index is 0.432. The Morgan fingerprint density at radius 1 is 1.20 bits per heavy atom. The number of nitrogens with zero attached hydrogens (tertiary/aromatic N) is 1. The zero-order valence-corrected chi connectivity index (χ0v) is 10.8. The van der Waals surface area contributed by atoms with Crippen LogP contribution in [0, 0.1) is 13.8 Å². The van der Waals surface area contributed by atoms with Gasteiger partial charge >= 0.3 is 0 Å². The molecular formula is C13H20ClN. The van der Waals surface area contributed by atoms with E-state index in [1.165, 1.54) is 16.7 Å². The van der Waals surface area contributed by atoms with E-state index in [-0.39, 0.29) is 0 Å². The van der Waals surface area contributed by atoms with Gasteiger partial charge in [0.15, 0.2) is 0 Å². The topological polar surface area (TPSA) is 3.24 Å². The Morgan fingerprint density at radius 2 is 1.87 bits per heavy atom. The standard InChI is InChI=1S/C13H20ClN/c1-10-5-6-12(9-11(10)2)13(7-8-14)15(3)4/h5-6,9,13H,7-8H2,1-4H3. The molecule has 0 bridgehead atoms. The van der Waals surface area contributed by atoms with Crippen LogP contribution in [0.1, 0.15) is 29.2 Å². The number of alkyl halides is 1. The maximum Gasteiger partial charge on any atom is 0.0353 e. The van der Waals surface area contributed by atoms with Gasteiger partial charge in [-0.2, -0.15) is 0 Å². The lowest BCUT2D eigenvalue weighted by atomic mass is 9.99. The number of halogens is 1. The molecule has 1 rings (SSSR count). The van der Waals surface area contributed by atoms with E-state index in [4.69, 9.17) is 11.6 Å². The molecule has 0 amide bonds. The Balaban J connectivity index is 2.95. The van der Waals surface area contributed by atoms with E-state index in [0.717, 1.165) is 6.42 Å². The fourth-order valence-corrected chi connectivity index (χ4v) is 2.00. The molecular weight excluding hydrogens is 206 g/mol. The molecule has 0 aliphatic rings. The molecule has 0 aliphatic carbocycles. The maximum atomic E-state index is 5.83. The van der Waals surface area contributed by atoms with Gasteiger partial charge in [-0.05, 0) is 51.1 Å². The quantitative estimate of drug-likeness (QED) is 0.709. The molecule has 0 heterocycles. The third-order valence-electron chi connectivity index (χ3n) is 2.92. The summed E-state index contributed by atoms with van der Waals surface area (Å²) >= 11 is 5.83. The molecule has 0 radical (unpaired) electrons. The van der Waals surface area contributed by atoms with E-state index < -0.39 is 0 Å². The molecule has 1 unspecified atom stereocenters. The van der Waals surface area contributed by atoms with Crippen LogP contribution in [0.25, 0.3) is 0 Å². The zero-order valence-electron chi connectivity index (χ0n) is 10.0. The molecule has 0 saturated heterocycles. The Labute approximate surface area is 98.0 Å². The van der Waals surface area contributed by atoms with Crippen molar-refractivity contribution in [3.8, 4) is 0 Å². The molecule has 0 N–H and O–H groups in total. The average molecular weight is 226 g/mol. The van der Waals surface area contributed by atoms with Crippen LogP contribution in [0.3, 0.4) is 0 Å². The minimum atomic E-state index is 0.432. The highest BCUT2D eigenvalue weighted by Crippen LogP contribution is 2.24. The smallest absolute Gasteiger partial charge is 0.0353 e. The summed E-state index contributed by atoms with van der Waals surface area (Å²) in [7, 11) is 4.21. The van der Waals surface area contributed by atoms with Gasteiger partial charge < -0.3 is 4.90 Å². The molecule has 0 aromatic heterocycles. The predicted octanol–water partition coefficient (Wildman–Crippen LogP) is 3.54. The molecule has 84 valence electrons. The van der Waals surface area contributed by atoms with Gasteiger partial charge in [0.2, 0.25) is 0 Å². The third kappa shape index (κ3) is 3.22. The maximum absolute atomic E-state index is 5.83. The van der Waals surface area contributed by atoms with Gasteiger partial charge in [0.25, 0.3) is 0 Å². The summed E-state index contributed by atoms with van der Waals surface area (Å²) in [4.78, 5) is 2.23. The van der Waals surface area contributed by atoms with Gasteiger partial charge in [-0.1, -0.05) is 18.2 Å². The highest BCUT2D eigenvalue weighted by Gasteiger charge is 2.13. The van der Waals surface area contributed by atoms with E-state index in [9.17, 15) is 0 Å². The first-order chi connectivity index (χ1) is 7.06. The van der Waals surface area contributed by atoms with Crippen LogP contribution in [0.5, 0.6) is 0 Å². The lowest BCUT2D eigenvalue weighted by Crippen LogP contribution is -2.20. The Bertz CT molecular complexity index is 320. The normalized spacial score (nSPS) is 13.2. The third-order valence-corrected chi connectivity index (χ3v) is 3.14. The van der Waals surface area contributed by atoms with Gasteiger partial charge in [0, 0.05) is 11.9 Å². The number of hydrogen-bond donors (Lipinski definition) is 0. The fourth-order valence-electron chi connectivity index (χ4n) is 1.80. The number of aryl methyl sites for hydroxylation is 2. The summed E-state index contributed by atoms with van der Waals surface area (Å²) in [5, 5.41) is 0. The Hall–Kier alpha value is -0.530. The summed E-state index contributed by atoms with van der Waals surface area (Å²) in [6.07, 6.45) is 0.997. The molecule has 1 atom stereocenters. The number of hydrogen-bond acceptors (Lipinski definition) is 1. The van der Waals surface area contributed by atoms with Crippen molar-refractivity contribution in [3.63, 3.8) is 0 Å². The molecule has 15 heavy (non-hydrogen) atoms. The first-order valence-corrected chi connectivity index (χ1v) is 5.89. The van der Waals surface area contributed by atoms with Gasteiger partial charge in [-0.15, -0.1) is 11.6 Å². The highest BCUT2D eigenvalue weighted by atomic mass is 35.5. The molecule has 1 aromatic rings. The van der Waals surface area contributed by atoms with Crippen molar-refractivity contribution >= 4 is 11.6 Å². The summed E-state index contributed by atoms with van der Waals surface area (Å²) in [5.41, 5.74) is 4.07. The van der Waals surface area contributed by atoms with E-state index in [1.54, 1.807) is 0 Å². The van der Waals surface area contributed by atoms with Crippen LogP contribution in [0.4, 0.5) is 0 Å². The second-order valence-corrected chi connectivity index (χ2v) is 4.68. The van der Waals surface area contributed by atoms with Crippen molar-refractivity contribution in [3.05, 3.63) is 34.9 Å². The van der Waals surface area contributed by atoms with Crippen molar-refractivity contribution in [2.24, 2.45) is 0 Å². The first kappa shape index (κ1) is 12.5. The molecule has 0 saturated carbocycles. The van der Waals surface area contributed by atoms with Crippen LogP contribution in [0.2, 0.25) is 0 Å². The predicted molar refractivity (Wildman–Crippen MR) is 67.7 cm³/mol. The fraction of sp³-hybridized carbons (Fsp3) is 0.538. The SMILES string of the molecule is Cc1ccc(C(CCCl)N(C)C)cc1C. The van der Waals surface area contributed by atoms with Gasteiger partial charge in [0.1, 0.15) is 0 Å². The van der Waals surface area contributed by atoms with Crippen molar-refractivity contribution in [1.29, 1.82) is 0 Å². The summed E-state index contributed by atoms with van der Waals surface area (Å²) in [6.45, 7) is 4.30. The minimum Gasteiger partial charge on any atom is -0.302 e. The van der Waals surface area contributed by atoms with E-state index in [1.807, 2.05) is 0 Å². The second kappa shape index (κ2) is 5.53. The van der Waals surface area contributed by atoms with Crippen molar-refractivity contribution in [2.75, 3.05) is 20.0 Å². The number of benzene rings is 1. The molecule has 1 nitrogen and oxygen atoms in total. The number of rotatable bonds is 4. The monoisotopic (exact) mass is 225 g/mol. The Morgan fingerprint density at radius 3 is 2.33 bits per heavy atom. The Kier molecular flexibility index (Phi) is 4.62. The van der Waals surface area contributed by atoms with Crippen LogP contribution in [-0.4, -0.2) is 24.9 Å². The van der Waals surface area contributed by atoms with Gasteiger partial charge in [-0.25, -0.2) is 0 Å². The lowest BCUT2D eigenvalue weighted by Gasteiger charge is -2.24. The van der Waals surface area contributed by atoms with Crippen LogP contribution >= 0.6 is 11.6 Å². The van der Waals surface area contributed by atoms with Crippen molar-refractivity contribution in [1.82, 2.24) is 4.90 Å². The molecule has 1 aromatic carbocycles. The van der Waals surface area contributed by atoms with Crippen LogP contribution < -0.4 is 0 Å². The molecule has 0 aliphatic heterocycles. The first-order valence-electron chi connectivity index (χ1n) is 5.35. The largest absolute Gasteiger partial charge is 0.302 e.